The number of carbonyl (C=O) groups is 1. The summed E-state index contributed by atoms with van der Waals surface area (Å²) in [6, 6.07) is -0.0555. The van der Waals surface area contributed by atoms with E-state index in [0.717, 1.165) is 6.42 Å². The van der Waals surface area contributed by atoms with Crippen LogP contribution in [0.5, 0.6) is 0 Å². The van der Waals surface area contributed by atoms with Crippen LogP contribution in [-0.2, 0) is 4.74 Å². The maximum absolute atomic E-state index is 11.8. The number of alkyl carbamates (subject to hydrolysis) is 1. The van der Waals surface area contributed by atoms with Gasteiger partial charge in [0.15, 0.2) is 0 Å². The lowest BCUT2D eigenvalue weighted by Gasteiger charge is -2.27. The first-order valence-corrected chi connectivity index (χ1v) is 7.68. The first kappa shape index (κ1) is 17.0. The van der Waals surface area contributed by atoms with E-state index in [2.05, 4.69) is 5.32 Å². The fraction of sp³-hybridized carbons (Fsp3) is 0.812. The molecule has 0 spiro atoms. The second-order valence-electron chi connectivity index (χ2n) is 6.60. The minimum absolute atomic E-state index is 0.00281. The summed E-state index contributed by atoms with van der Waals surface area (Å²) < 4.78 is 5.29. The van der Waals surface area contributed by atoms with Crippen molar-refractivity contribution in [3.8, 4) is 0 Å². The van der Waals surface area contributed by atoms with E-state index in [-0.39, 0.29) is 18.7 Å². The summed E-state index contributed by atoms with van der Waals surface area (Å²) in [6.45, 7) is 5.56. The van der Waals surface area contributed by atoms with Gasteiger partial charge in [-0.25, -0.2) is 4.79 Å². The molecule has 0 aromatic carbocycles. The summed E-state index contributed by atoms with van der Waals surface area (Å²) in [7, 11) is 0. The normalized spacial score (nSPS) is 19.0. The molecule has 1 aliphatic carbocycles. The van der Waals surface area contributed by atoms with E-state index in [9.17, 15) is 4.79 Å². The lowest BCUT2D eigenvalue weighted by Crippen LogP contribution is -2.39. The summed E-state index contributed by atoms with van der Waals surface area (Å²) in [5.41, 5.74) is -0.486. The first-order valence-electron chi connectivity index (χ1n) is 7.68. The zero-order valence-corrected chi connectivity index (χ0v) is 13.0. The van der Waals surface area contributed by atoms with Gasteiger partial charge in [-0.3, -0.25) is 0 Å². The monoisotopic (exact) mass is 283 g/mol. The van der Waals surface area contributed by atoms with Gasteiger partial charge >= 0.3 is 6.09 Å². The number of aliphatic hydroxyl groups is 1. The van der Waals surface area contributed by atoms with Crippen LogP contribution in [0.15, 0.2) is 12.2 Å². The molecule has 2 N–H and O–H groups in total. The van der Waals surface area contributed by atoms with Crippen LogP contribution in [0.3, 0.4) is 0 Å². The average molecular weight is 283 g/mol. The van der Waals surface area contributed by atoms with Crippen LogP contribution >= 0.6 is 0 Å². The van der Waals surface area contributed by atoms with E-state index in [0.29, 0.717) is 5.92 Å². The topological polar surface area (TPSA) is 58.6 Å². The molecule has 0 aromatic heterocycles. The Morgan fingerprint density at radius 3 is 2.55 bits per heavy atom. The Kier molecular flexibility index (Phi) is 7.06. The summed E-state index contributed by atoms with van der Waals surface area (Å²) >= 11 is 0. The van der Waals surface area contributed by atoms with Crippen LogP contribution in [-0.4, -0.2) is 29.4 Å². The fourth-order valence-electron chi connectivity index (χ4n) is 2.65. The summed E-state index contributed by atoms with van der Waals surface area (Å²) in [5, 5.41) is 11.8. The third-order valence-corrected chi connectivity index (χ3v) is 3.49. The first-order chi connectivity index (χ1) is 9.40. The quantitative estimate of drug-likeness (QED) is 0.760. The molecular weight excluding hydrogens is 254 g/mol. The molecule has 116 valence electrons. The molecule has 0 saturated heterocycles. The standard InChI is InChI=1S/C16H29NO3/c1-16(2,3)20-15(19)17-14(10-7-11-18)12-13-8-5-4-6-9-13/h7,10,13-14,18H,4-6,8-9,11-12H2,1-3H3,(H,17,19)/b10-7-/t14-/m1/s1. The van der Waals surface area contributed by atoms with Crippen LogP contribution in [0.2, 0.25) is 0 Å². The van der Waals surface area contributed by atoms with Gasteiger partial charge < -0.3 is 15.2 Å². The Labute approximate surface area is 122 Å². The maximum atomic E-state index is 11.8. The summed E-state index contributed by atoms with van der Waals surface area (Å²) in [6.07, 6.45) is 10.5. The van der Waals surface area contributed by atoms with E-state index < -0.39 is 5.60 Å². The highest BCUT2D eigenvalue weighted by molar-refractivity contribution is 5.68. The second kappa shape index (κ2) is 8.30. The minimum Gasteiger partial charge on any atom is -0.444 e. The molecular formula is C16H29NO3. The molecule has 1 aliphatic rings. The van der Waals surface area contributed by atoms with Gasteiger partial charge in [0.2, 0.25) is 0 Å². The van der Waals surface area contributed by atoms with Crippen molar-refractivity contribution in [1.82, 2.24) is 5.32 Å². The van der Waals surface area contributed by atoms with Crippen molar-refractivity contribution in [3.63, 3.8) is 0 Å². The lowest BCUT2D eigenvalue weighted by atomic mass is 9.85. The van der Waals surface area contributed by atoms with Crippen LogP contribution in [0, 0.1) is 5.92 Å². The third-order valence-electron chi connectivity index (χ3n) is 3.49. The summed E-state index contributed by atoms with van der Waals surface area (Å²) in [5.74, 6) is 0.659. The van der Waals surface area contributed by atoms with Crippen molar-refractivity contribution in [1.29, 1.82) is 0 Å². The Balaban J connectivity index is 2.50. The predicted molar refractivity (Wildman–Crippen MR) is 80.6 cm³/mol. The van der Waals surface area contributed by atoms with Crippen LogP contribution in [0.4, 0.5) is 4.79 Å². The minimum atomic E-state index is -0.486. The molecule has 0 unspecified atom stereocenters. The van der Waals surface area contributed by atoms with Gasteiger partial charge in [0, 0.05) is 0 Å². The Hall–Kier alpha value is -1.03. The van der Waals surface area contributed by atoms with Crippen LogP contribution < -0.4 is 5.32 Å². The Bertz CT molecular complexity index is 314. The highest BCUT2D eigenvalue weighted by atomic mass is 16.6. The van der Waals surface area contributed by atoms with Crippen LogP contribution in [0.25, 0.3) is 0 Å². The molecule has 0 aliphatic heterocycles. The van der Waals surface area contributed by atoms with Gasteiger partial charge in [-0.2, -0.15) is 0 Å². The molecule has 1 fully saturated rings. The number of nitrogens with one attached hydrogen (secondary N) is 1. The zero-order valence-electron chi connectivity index (χ0n) is 13.0. The number of carbonyl (C=O) groups excluding carboxylic acids is 1. The molecule has 4 nitrogen and oxygen atoms in total. The Morgan fingerprint density at radius 1 is 1.35 bits per heavy atom. The highest BCUT2D eigenvalue weighted by Crippen LogP contribution is 2.27. The maximum Gasteiger partial charge on any atom is 0.408 e. The SMILES string of the molecule is CC(C)(C)OC(=O)N[C@H](/C=C\CO)CC1CCCCC1. The van der Waals surface area contributed by atoms with Crippen molar-refractivity contribution >= 4 is 6.09 Å². The third kappa shape index (κ3) is 7.53. The van der Waals surface area contributed by atoms with Gasteiger partial charge in [-0.15, -0.1) is 0 Å². The molecule has 4 heteroatoms. The average Bonchev–Trinajstić information content (AvgIpc) is 2.35. The molecule has 1 rings (SSSR count). The smallest absolute Gasteiger partial charge is 0.408 e. The molecule has 1 amide bonds. The van der Waals surface area contributed by atoms with Crippen molar-refractivity contribution in [2.24, 2.45) is 5.92 Å². The van der Waals surface area contributed by atoms with Gasteiger partial charge in [0.05, 0.1) is 12.6 Å². The zero-order chi connectivity index (χ0) is 15.0. The highest BCUT2D eigenvalue weighted by Gasteiger charge is 2.21. The molecule has 1 saturated carbocycles. The molecule has 0 radical (unpaired) electrons. The number of hydrogen-bond acceptors (Lipinski definition) is 3. The van der Waals surface area contributed by atoms with Crippen molar-refractivity contribution < 1.29 is 14.6 Å². The lowest BCUT2D eigenvalue weighted by molar-refractivity contribution is 0.0507. The van der Waals surface area contributed by atoms with E-state index >= 15 is 0 Å². The fourth-order valence-corrected chi connectivity index (χ4v) is 2.65. The number of hydrogen-bond donors (Lipinski definition) is 2. The molecule has 0 bridgehead atoms. The van der Waals surface area contributed by atoms with Gasteiger partial charge in [0.1, 0.15) is 5.60 Å². The second-order valence-corrected chi connectivity index (χ2v) is 6.60. The van der Waals surface area contributed by atoms with E-state index in [1.165, 1.54) is 32.1 Å². The Morgan fingerprint density at radius 2 is 2.00 bits per heavy atom. The number of rotatable bonds is 5. The number of amides is 1. The summed E-state index contributed by atoms with van der Waals surface area (Å²) in [4.78, 5) is 11.8. The number of ether oxygens (including phenoxy) is 1. The molecule has 1 atom stereocenters. The van der Waals surface area contributed by atoms with Crippen molar-refractivity contribution in [2.75, 3.05) is 6.61 Å². The van der Waals surface area contributed by atoms with E-state index in [1.54, 1.807) is 6.08 Å². The molecule has 0 heterocycles. The predicted octanol–water partition coefficient (Wildman–Crippen LogP) is 3.40. The van der Waals surface area contributed by atoms with Gasteiger partial charge in [-0.05, 0) is 33.1 Å². The van der Waals surface area contributed by atoms with E-state index in [1.807, 2.05) is 26.8 Å². The van der Waals surface area contributed by atoms with Crippen molar-refractivity contribution in [2.45, 2.75) is 70.9 Å². The van der Waals surface area contributed by atoms with Gasteiger partial charge in [0.25, 0.3) is 0 Å². The van der Waals surface area contributed by atoms with Crippen molar-refractivity contribution in [3.05, 3.63) is 12.2 Å². The molecule has 0 aromatic rings. The molecule has 20 heavy (non-hydrogen) atoms. The van der Waals surface area contributed by atoms with E-state index in [4.69, 9.17) is 9.84 Å². The largest absolute Gasteiger partial charge is 0.444 e. The van der Waals surface area contributed by atoms with Crippen LogP contribution in [0.1, 0.15) is 59.3 Å². The number of aliphatic hydroxyl groups excluding tert-OH is 1. The van der Waals surface area contributed by atoms with Gasteiger partial charge in [-0.1, -0.05) is 44.3 Å².